The van der Waals surface area contributed by atoms with E-state index in [9.17, 15) is 4.79 Å². The van der Waals surface area contributed by atoms with Crippen LogP contribution in [0.15, 0.2) is 82.0 Å². The molecule has 3 aromatic rings. The zero-order chi connectivity index (χ0) is 14.5. The summed E-state index contributed by atoms with van der Waals surface area (Å²) >= 11 is 0. The molecule has 21 heavy (non-hydrogen) atoms. The van der Waals surface area contributed by atoms with Gasteiger partial charge in [-0.25, -0.2) is 0 Å². The van der Waals surface area contributed by atoms with Gasteiger partial charge in [0.1, 0.15) is 11.5 Å². The van der Waals surface area contributed by atoms with Crippen molar-refractivity contribution in [2.75, 3.05) is 0 Å². The van der Waals surface area contributed by atoms with Gasteiger partial charge >= 0.3 is 0 Å². The monoisotopic (exact) mass is 274 g/mol. The van der Waals surface area contributed by atoms with Gasteiger partial charge in [0.15, 0.2) is 5.43 Å². The van der Waals surface area contributed by atoms with Crippen molar-refractivity contribution in [2.45, 2.75) is 0 Å². The average molecular weight is 274 g/mol. The third kappa shape index (κ3) is 3.37. The first-order valence-electron chi connectivity index (χ1n) is 6.75. The fourth-order valence-electron chi connectivity index (χ4n) is 2.07. The number of hydrogen-bond acceptors (Lipinski definition) is 2. The molecule has 2 nitrogen and oxygen atoms in total. The molecule has 0 bridgehead atoms. The molecule has 0 aliphatic heterocycles. The zero-order valence-corrected chi connectivity index (χ0v) is 11.4. The molecule has 0 atom stereocenters. The van der Waals surface area contributed by atoms with Crippen molar-refractivity contribution < 1.29 is 4.42 Å². The first-order chi connectivity index (χ1) is 10.3. The smallest absolute Gasteiger partial charge is 0.186 e. The fraction of sp³-hybridized carbons (Fsp3) is 0. The Kier molecular flexibility index (Phi) is 3.79. The van der Waals surface area contributed by atoms with E-state index in [4.69, 9.17) is 4.42 Å². The van der Waals surface area contributed by atoms with Crippen LogP contribution in [0.3, 0.4) is 0 Å². The second-order valence-electron chi connectivity index (χ2n) is 4.67. The van der Waals surface area contributed by atoms with E-state index >= 15 is 0 Å². The third-order valence-electron chi connectivity index (χ3n) is 3.08. The number of hydrogen-bond donors (Lipinski definition) is 0. The second kappa shape index (κ2) is 6.06. The Morgan fingerprint density at radius 1 is 0.762 bits per heavy atom. The molecule has 1 aromatic heterocycles. The highest BCUT2D eigenvalue weighted by atomic mass is 16.3. The largest absolute Gasteiger partial charge is 0.456 e. The van der Waals surface area contributed by atoms with Crippen LogP contribution in [0.2, 0.25) is 0 Å². The van der Waals surface area contributed by atoms with Crippen LogP contribution < -0.4 is 5.43 Å². The Labute approximate surface area is 123 Å². The first kappa shape index (κ1) is 13.1. The van der Waals surface area contributed by atoms with Gasteiger partial charge in [-0.2, -0.15) is 0 Å². The molecule has 0 N–H and O–H groups in total. The van der Waals surface area contributed by atoms with E-state index < -0.39 is 0 Å². The van der Waals surface area contributed by atoms with E-state index in [2.05, 4.69) is 0 Å². The summed E-state index contributed by atoms with van der Waals surface area (Å²) in [5.74, 6) is 1.13. The lowest BCUT2D eigenvalue weighted by Gasteiger charge is -2.01. The molecule has 2 aromatic carbocycles. The van der Waals surface area contributed by atoms with Crippen molar-refractivity contribution in [3.05, 3.63) is 94.3 Å². The number of rotatable bonds is 3. The molecule has 0 spiro atoms. The lowest BCUT2D eigenvalue weighted by molar-refractivity contribution is 0.554. The summed E-state index contributed by atoms with van der Waals surface area (Å²) in [5.41, 5.74) is 1.89. The van der Waals surface area contributed by atoms with Crippen molar-refractivity contribution in [3.63, 3.8) is 0 Å². The summed E-state index contributed by atoms with van der Waals surface area (Å²) in [6, 6.07) is 22.5. The summed E-state index contributed by atoms with van der Waals surface area (Å²) in [6.07, 6.45) is 3.73. The Hall–Kier alpha value is -2.87. The molecule has 2 heteroatoms. The second-order valence-corrected chi connectivity index (χ2v) is 4.67. The highest BCUT2D eigenvalue weighted by Crippen LogP contribution is 2.19. The van der Waals surface area contributed by atoms with Crippen LogP contribution in [0.1, 0.15) is 11.3 Å². The van der Waals surface area contributed by atoms with Crippen LogP contribution in [0.5, 0.6) is 0 Å². The highest BCUT2D eigenvalue weighted by molar-refractivity contribution is 5.68. The van der Waals surface area contributed by atoms with Crippen molar-refractivity contribution in [1.82, 2.24) is 0 Å². The Morgan fingerprint density at radius 3 is 2.14 bits per heavy atom. The molecule has 3 rings (SSSR count). The Bertz CT molecular complexity index is 800. The van der Waals surface area contributed by atoms with Gasteiger partial charge < -0.3 is 4.42 Å². The van der Waals surface area contributed by atoms with Gasteiger partial charge in [0.2, 0.25) is 0 Å². The standard InChI is InChI=1S/C19H14O2/c20-17-13-18(12-11-15-7-3-1-4-8-15)21-19(14-17)16-9-5-2-6-10-16/h1-14H/b12-11+. The lowest BCUT2D eigenvalue weighted by Crippen LogP contribution is -1.98. The van der Waals surface area contributed by atoms with Crippen LogP contribution in [0.4, 0.5) is 0 Å². The van der Waals surface area contributed by atoms with E-state index in [1.165, 1.54) is 12.1 Å². The van der Waals surface area contributed by atoms with Gasteiger partial charge in [0, 0.05) is 17.7 Å². The third-order valence-corrected chi connectivity index (χ3v) is 3.08. The maximum atomic E-state index is 11.8. The molecule has 0 aliphatic rings. The van der Waals surface area contributed by atoms with E-state index in [0.717, 1.165) is 11.1 Å². The zero-order valence-electron chi connectivity index (χ0n) is 11.4. The maximum Gasteiger partial charge on any atom is 0.186 e. The molecule has 0 fully saturated rings. The summed E-state index contributed by atoms with van der Waals surface area (Å²) in [4.78, 5) is 11.8. The molecule has 0 unspecified atom stereocenters. The van der Waals surface area contributed by atoms with Gasteiger partial charge in [0.05, 0.1) is 0 Å². The predicted molar refractivity (Wildman–Crippen MR) is 85.8 cm³/mol. The lowest BCUT2D eigenvalue weighted by atomic mass is 10.1. The van der Waals surface area contributed by atoms with Crippen molar-refractivity contribution in [3.8, 4) is 11.3 Å². The molecule has 0 radical (unpaired) electrons. The van der Waals surface area contributed by atoms with E-state index in [1.807, 2.05) is 72.8 Å². The summed E-state index contributed by atoms with van der Waals surface area (Å²) in [6.45, 7) is 0. The summed E-state index contributed by atoms with van der Waals surface area (Å²) < 4.78 is 5.78. The molecule has 102 valence electrons. The molecule has 0 amide bonds. The van der Waals surface area contributed by atoms with Gasteiger partial charge in [-0.1, -0.05) is 66.7 Å². The molecule has 0 saturated carbocycles. The van der Waals surface area contributed by atoms with Crippen LogP contribution in [0.25, 0.3) is 23.5 Å². The van der Waals surface area contributed by atoms with Gasteiger partial charge in [-0.05, 0) is 11.6 Å². The topological polar surface area (TPSA) is 30.2 Å². The van der Waals surface area contributed by atoms with E-state index in [-0.39, 0.29) is 5.43 Å². The van der Waals surface area contributed by atoms with Crippen molar-refractivity contribution >= 4 is 12.2 Å². The predicted octanol–water partition coefficient (Wildman–Crippen LogP) is 4.48. The molecule has 0 aliphatic carbocycles. The Balaban J connectivity index is 1.95. The van der Waals surface area contributed by atoms with Gasteiger partial charge in [0.25, 0.3) is 0 Å². The normalized spacial score (nSPS) is 10.9. The molecule has 1 heterocycles. The fourth-order valence-corrected chi connectivity index (χ4v) is 2.07. The minimum Gasteiger partial charge on any atom is -0.456 e. The average Bonchev–Trinajstić information content (AvgIpc) is 2.54. The minimum absolute atomic E-state index is 0.0622. The van der Waals surface area contributed by atoms with Crippen LogP contribution in [-0.4, -0.2) is 0 Å². The quantitative estimate of drug-likeness (QED) is 0.705. The van der Waals surface area contributed by atoms with Gasteiger partial charge in [-0.15, -0.1) is 0 Å². The maximum absolute atomic E-state index is 11.8. The summed E-state index contributed by atoms with van der Waals surface area (Å²) in [7, 11) is 0. The van der Waals surface area contributed by atoms with Gasteiger partial charge in [-0.3, -0.25) is 4.79 Å². The van der Waals surface area contributed by atoms with Crippen LogP contribution in [0, 0.1) is 0 Å². The summed E-state index contributed by atoms with van der Waals surface area (Å²) in [5, 5.41) is 0. The highest BCUT2D eigenvalue weighted by Gasteiger charge is 2.02. The minimum atomic E-state index is -0.0622. The first-order valence-corrected chi connectivity index (χ1v) is 6.75. The Morgan fingerprint density at radius 2 is 1.43 bits per heavy atom. The number of benzene rings is 2. The van der Waals surface area contributed by atoms with Crippen molar-refractivity contribution in [2.24, 2.45) is 0 Å². The van der Waals surface area contributed by atoms with Crippen LogP contribution >= 0.6 is 0 Å². The molecule has 0 saturated heterocycles. The van der Waals surface area contributed by atoms with E-state index in [0.29, 0.717) is 11.5 Å². The molecular formula is C19H14O2. The van der Waals surface area contributed by atoms with Crippen LogP contribution in [-0.2, 0) is 0 Å². The SMILES string of the molecule is O=c1cc(/C=C/c2ccccc2)oc(-c2ccccc2)c1. The van der Waals surface area contributed by atoms with E-state index in [1.54, 1.807) is 0 Å². The van der Waals surface area contributed by atoms with Crippen molar-refractivity contribution in [1.29, 1.82) is 0 Å². The molecular weight excluding hydrogens is 260 g/mol.